The number of nitrogens with one attached hydrogen (secondary N) is 2. The molecule has 2 N–H and O–H groups in total. The number of hydrogen-bond acceptors (Lipinski definition) is 6. The quantitative estimate of drug-likeness (QED) is 0.474. The smallest absolute Gasteiger partial charge is 0.265 e. The molecule has 2 rings (SSSR count). The number of aromatic nitrogens is 3. The van der Waals surface area contributed by atoms with Crippen LogP contribution < -0.4 is 15.6 Å². The Morgan fingerprint density at radius 2 is 2.23 bits per heavy atom. The zero-order valence-corrected chi connectivity index (χ0v) is 13.9. The van der Waals surface area contributed by atoms with Crippen LogP contribution in [0.25, 0.3) is 10.9 Å². The Balaban J connectivity index is 2.55. The van der Waals surface area contributed by atoms with Crippen molar-refractivity contribution in [2.24, 2.45) is 0 Å². The summed E-state index contributed by atoms with van der Waals surface area (Å²) in [6, 6.07) is 0.0817. The molecule has 120 valence electrons. The number of aromatic amines is 1. The number of rotatable bonds is 6. The van der Waals surface area contributed by atoms with Crippen LogP contribution in [0.15, 0.2) is 9.95 Å². The van der Waals surface area contributed by atoms with Gasteiger partial charge in [0.25, 0.3) is 5.56 Å². The normalized spacial score (nSPS) is 12.6. The molecule has 0 fully saturated rings. The Labute approximate surface area is 135 Å². The first-order valence-electron chi connectivity index (χ1n) is 6.64. The molecule has 6 nitrogen and oxygen atoms in total. The number of likely N-dealkylation sites (N-methyl/N-ethyl adjacent to an activating group) is 1. The topological polar surface area (TPSA) is 79.9 Å². The summed E-state index contributed by atoms with van der Waals surface area (Å²) in [6.45, 7) is 2.27. The van der Waals surface area contributed by atoms with Crippen molar-refractivity contribution in [2.45, 2.75) is 24.5 Å². The van der Waals surface area contributed by atoms with Crippen LogP contribution in [0.2, 0.25) is 5.15 Å². The maximum Gasteiger partial charge on any atom is 0.265 e. The summed E-state index contributed by atoms with van der Waals surface area (Å²) in [6.07, 6.45) is 2.55. The number of hydrogen-bond donors (Lipinski definition) is 2. The second-order valence-corrected chi connectivity index (χ2v) is 5.68. The minimum absolute atomic E-state index is 0.0171. The molecule has 22 heavy (non-hydrogen) atoms. The number of pyridine rings is 1. The lowest BCUT2D eigenvalue weighted by Crippen LogP contribution is -2.31. The van der Waals surface area contributed by atoms with Crippen molar-refractivity contribution in [3.05, 3.63) is 21.3 Å². The van der Waals surface area contributed by atoms with Crippen molar-refractivity contribution in [1.82, 2.24) is 20.3 Å². The average Bonchev–Trinajstić information content (AvgIpc) is 2.52. The Bertz CT molecular complexity index is 736. The van der Waals surface area contributed by atoms with Gasteiger partial charge in [-0.1, -0.05) is 30.3 Å². The second-order valence-electron chi connectivity index (χ2n) is 4.53. The molecule has 0 aromatic carbocycles. The van der Waals surface area contributed by atoms with E-state index < -0.39 is 11.4 Å². The fraction of sp³-hybridized carbons (Fsp3) is 0.462. The van der Waals surface area contributed by atoms with E-state index in [-0.39, 0.29) is 34.6 Å². The number of halogens is 2. The monoisotopic (exact) mass is 346 g/mol. The maximum atomic E-state index is 14.1. The van der Waals surface area contributed by atoms with Gasteiger partial charge in [0.1, 0.15) is 17.5 Å². The molecule has 0 spiro atoms. The highest BCUT2D eigenvalue weighted by molar-refractivity contribution is 7.98. The molecule has 1 atom stereocenters. The molecule has 2 aromatic rings. The molecule has 0 amide bonds. The summed E-state index contributed by atoms with van der Waals surface area (Å²) < 4.78 is 19.7. The molecule has 2 aromatic heterocycles. The summed E-state index contributed by atoms with van der Waals surface area (Å²) in [5.41, 5.74) is -0.648. The van der Waals surface area contributed by atoms with Gasteiger partial charge >= 0.3 is 0 Å². The Hall–Kier alpha value is -1.38. The molecule has 0 saturated heterocycles. The standard InChI is InChI=1S/C13H16ClFN4O2S/c1-4-6(16-2)5-21-12-7-9(8(15)10(14)18-12)17-13(22-3)19-11(7)20/h6,16H,4-5H2,1-3H3,(H,17,19,20). The van der Waals surface area contributed by atoms with Gasteiger partial charge in [-0.05, 0) is 19.7 Å². The lowest BCUT2D eigenvalue weighted by atomic mass is 10.2. The van der Waals surface area contributed by atoms with Crippen LogP contribution in [0.3, 0.4) is 0 Å². The van der Waals surface area contributed by atoms with E-state index in [1.165, 1.54) is 11.8 Å². The van der Waals surface area contributed by atoms with Gasteiger partial charge in [-0.2, -0.15) is 4.98 Å². The predicted molar refractivity (Wildman–Crippen MR) is 85.5 cm³/mol. The summed E-state index contributed by atoms with van der Waals surface area (Å²) in [5.74, 6) is -0.845. The van der Waals surface area contributed by atoms with Gasteiger partial charge in [-0.25, -0.2) is 9.37 Å². The zero-order valence-electron chi connectivity index (χ0n) is 12.4. The first kappa shape index (κ1) is 17.0. The SMILES string of the molecule is CCC(COc1nc(Cl)c(F)c2nc(SC)[nH]c(=O)c12)NC. The van der Waals surface area contributed by atoms with E-state index in [9.17, 15) is 9.18 Å². The van der Waals surface area contributed by atoms with Crippen molar-refractivity contribution in [2.75, 3.05) is 19.9 Å². The Morgan fingerprint density at radius 3 is 2.82 bits per heavy atom. The van der Waals surface area contributed by atoms with Crippen molar-refractivity contribution < 1.29 is 9.13 Å². The summed E-state index contributed by atoms with van der Waals surface area (Å²) >= 11 is 6.98. The third-order valence-electron chi connectivity index (χ3n) is 3.22. The second kappa shape index (κ2) is 7.26. The molecule has 0 aliphatic rings. The van der Waals surface area contributed by atoms with Gasteiger partial charge in [0, 0.05) is 6.04 Å². The highest BCUT2D eigenvalue weighted by atomic mass is 35.5. The molecular formula is C13H16ClFN4O2S. The molecule has 0 saturated carbocycles. The van der Waals surface area contributed by atoms with E-state index >= 15 is 0 Å². The van der Waals surface area contributed by atoms with Gasteiger partial charge in [-0.3, -0.25) is 4.79 Å². The van der Waals surface area contributed by atoms with Crippen molar-refractivity contribution in [3.63, 3.8) is 0 Å². The highest BCUT2D eigenvalue weighted by Gasteiger charge is 2.19. The first-order valence-corrected chi connectivity index (χ1v) is 8.25. The minimum Gasteiger partial charge on any atom is -0.475 e. The third kappa shape index (κ3) is 3.34. The summed E-state index contributed by atoms with van der Waals surface area (Å²) in [5, 5.41) is 2.95. The maximum absolute atomic E-state index is 14.1. The number of nitrogens with zero attached hydrogens (tertiary/aromatic N) is 2. The fourth-order valence-electron chi connectivity index (χ4n) is 1.89. The van der Waals surface area contributed by atoms with Gasteiger partial charge in [0.15, 0.2) is 16.1 Å². The zero-order chi connectivity index (χ0) is 16.3. The number of H-pyrrole nitrogens is 1. The molecule has 0 bridgehead atoms. The van der Waals surface area contributed by atoms with Gasteiger partial charge < -0.3 is 15.0 Å². The lowest BCUT2D eigenvalue weighted by molar-refractivity contribution is 0.261. The lowest BCUT2D eigenvalue weighted by Gasteiger charge is -2.15. The van der Waals surface area contributed by atoms with E-state index in [1.54, 1.807) is 13.3 Å². The summed E-state index contributed by atoms with van der Waals surface area (Å²) in [4.78, 5) is 22.6. The Morgan fingerprint density at radius 1 is 1.50 bits per heavy atom. The van der Waals surface area contributed by atoms with E-state index in [2.05, 4.69) is 20.3 Å². The molecule has 9 heteroatoms. The fourth-order valence-corrected chi connectivity index (χ4v) is 2.43. The molecule has 1 unspecified atom stereocenters. The van der Waals surface area contributed by atoms with Crippen molar-refractivity contribution in [3.8, 4) is 5.88 Å². The molecule has 0 aliphatic carbocycles. The summed E-state index contributed by atoms with van der Waals surface area (Å²) in [7, 11) is 1.81. The van der Waals surface area contributed by atoms with E-state index in [0.717, 1.165) is 6.42 Å². The Kier molecular flexibility index (Phi) is 5.60. The largest absolute Gasteiger partial charge is 0.475 e. The van der Waals surface area contributed by atoms with Crippen LogP contribution in [-0.2, 0) is 0 Å². The predicted octanol–water partition coefficient (Wildman–Crippen LogP) is 2.21. The van der Waals surface area contributed by atoms with Crippen LogP contribution in [-0.4, -0.2) is 40.9 Å². The van der Waals surface area contributed by atoms with Crippen molar-refractivity contribution in [1.29, 1.82) is 0 Å². The van der Waals surface area contributed by atoms with Crippen LogP contribution >= 0.6 is 23.4 Å². The first-order chi connectivity index (χ1) is 10.5. The van der Waals surface area contributed by atoms with Crippen LogP contribution in [0, 0.1) is 5.82 Å². The van der Waals surface area contributed by atoms with Crippen molar-refractivity contribution >= 4 is 34.3 Å². The number of fused-ring (bicyclic) bond motifs is 1. The molecular weight excluding hydrogens is 331 g/mol. The average molecular weight is 347 g/mol. The van der Waals surface area contributed by atoms with E-state index in [4.69, 9.17) is 16.3 Å². The van der Waals surface area contributed by atoms with E-state index in [1.807, 2.05) is 6.92 Å². The van der Waals surface area contributed by atoms with Crippen LogP contribution in [0.1, 0.15) is 13.3 Å². The number of thioether (sulfide) groups is 1. The molecule has 2 heterocycles. The third-order valence-corrected chi connectivity index (χ3v) is 4.05. The molecule has 0 aliphatic heterocycles. The molecule has 0 radical (unpaired) electrons. The highest BCUT2D eigenvalue weighted by Crippen LogP contribution is 2.27. The van der Waals surface area contributed by atoms with Gasteiger partial charge in [-0.15, -0.1) is 0 Å². The van der Waals surface area contributed by atoms with Crippen LogP contribution in [0.5, 0.6) is 5.88 Å². The minimum atomic E-state index is -0.828. The van der Waals surface area contributed by atoms with E-state index in [0.29, 0.717) is 5.16 Å². The van der Waals surface area contributed by atoms with Gasteiger partial charge in [0.2, 0.25) is 5.88 Å². The van der Waals surface area contributed by atoms with Crippen LogP contribution in [0.4, 0.5) is 4.39 Å². The number of ether oxygens (including phenoxy) is 1. The van der Waals surface area contributed by atoms with Gasteiger partial charge in [0.05, 0.1) is 0 Å².